The fourth-order valence-electron chi connectivity index (χ4n) is 1.74. The first-order chi connectivity index (χ1) is 10.4. The summed E-state index contributed by atoms with van der Waals surface area (Å²) in [5, 5.41) is 38.8. The van der Waals surface area contributed by atoms with Gasteiger partial charge in [0.05, 0.1) is 21.1 Å². The van der Waals surface area contributed by atoms with Crippen molar-refractivity contribution in [3.63, 3.8) is 0 Å². The number of rotatable bonds is 3. The maximum atomic E-state index is 11.2. The van der Waals surface area contributed by atoms with Crippen LogP contribution in [-0.2, 0) is 0 Å². The molecule has 2 rings (SSSR count). The van der Waals surface area contributed by atoms with E-state index in [4.69, 9.17) is 5.26 Å². The van der Waals surface area contributed by atoms with Crippen LogP contribution in [0, 0.1) is 26.4 Å². The van der Waals surface area contributed by atoms with E-state index in [1.807, 2.05) is 6.07 Å². The number of allylic oxidation sites excluding steroid dienone is 1. The highest BCUT2D eigenvalue weighted by atomic mass is 16.6. The first-order valence-electron chi connectivity index (χ1n) is 5.85. The minimum Gasteiger partial charge on any atom is -0.504 e. The van der Waals surface area contributed by atoms with Crippen LogP contribution in [0.5, 0.6) is 11.5 Å². The second-order valence-corrected chi connectivity index (χ2v) is 4.20. The summed E-state index contributed by atoms with van der Waals surface area (Å²) in [6.07, 6.45) is 4.86. The standard InChI is InChI=1S/C13H8N4O5/c14-6-9(10-7-16(20)2-1-15-10)3-8-4-11(17(21)22)13(19)12(18)5-8/h1-5,7H,(H2-,15,18,19,20)/p+1. The summed E-state index contributed by atoms with van der Waals surface area (Å²) >= 11 is 0. The van der Waals surface area contributed by atoms with Gasteiger partial charge in [-0.05, 0) is 17.7 Å². The number of phenols is 2. The van der Waals surface area contributed by atoms with E-state index in [9.17, 15) is 25.2 Å². The first-order valence-corrected chi connectivity index (χ1v) is 5.85. The van der Waals surface area contributed by atoms with Gasteiger partial charge in [-0.3, -0.25) is 10.1 Å². The van der Waals surface area contributed by atoms with Crippen molar-refractivity contribution in [3.8, 4) is 17.6 Å². The molecule has 0 aliphatic rings. The van der Waals surface area contributed by atoms with Crippen molar-refractivity contribution >= 4 is 17.3 Å². The van der Waals surface area contributed by atoms with Crippen LogP contribution in [0.1, 0.15) is 11.3 Å². The van der Waals surface area contributed by atoms with Crippen LogP contribution in [0.25, 0.3) is 11.6 Å². The van der Waals surface area contributed by atoms with Gasteiger partial charge in [-0.25, -0.2) is 0 Å². The summed E-state index contributed by atoms with van der Waals surface area (Å²) in [4.78, 5) is 23.8. The van der Waals surface area contributed by atoms with Gasteiger partial charge in [0.15, 0.2) is 5.75 Å². The number of aromatic hydroxyl groups is 2. The third-order valence-corrected chi connectivity index (χ3v) is 2.73. The number of nitrogens with one attached hydrogen (secondary N) is 1. The highest BCUT2D eigenvalue weighted by Gasteiger charge is 2.18. The minimum absolute atomic E-state index is 0.0181. The van der Waals surface area contributed by atoms with E-state index in [0.717, 1.165) is 18.3 Å². The Labute approximate surface area is 122 Å². The molecule has 1 aromatic carbocycles. The third-order valence-electron chi connectivity index (χ3n) is 2.73. The van der Waals surface area contributed by atoms with Gasteiger partial charge in [-0.2, -0.15) is 5.26 Å². The SMILES string of the molecule is N#C/C(=C\c1cc(O)c(O)c([N+](=O)[O-])c1)c1c[n+](=O)cc[nH]1. The normalized spacial score (nSPS) is 11.0. The Balaban J connectivity index is 2.58. The topological polar surface area (TPSA) is 146 Å². The molecule has 0 radical (unpaired) electrons. The number of nitro benzene ring substituents is 1. The maximum absolute atomic E-state index is 11.2. The van der Waals surface area contributed by atoms with E-state index in [1.54, 1.807) is 0 Å². The summed E-state index contributed by atoms with van der Waals surface area (Å²) in [6, 6.07) is 3.90. The number of aromatic amines is 1. The Bertz CT molecular complexity index is 879. The molecule has 2 aromatic rings. The lowest BCUT2D eigenvalue weighted by atomic mass is 10.1. The lowest BCUT2D eigenvalue weighted by Crippen LogP contribution is -2.13. The quantitative estimate of drug-likeness (QED) is 0.256. The Kier molecular flexibility index (Phi) is 3.86. The molecule has 22 heavy (non-hydrogen) atoms. The van der Waals surface area contributed by atoms with Crippen LogP contribution < -0.4 is 4.43 Å². The van der Waals surface area contributed by atoms with Gasteiger partial charge >= 0.3 is 5.69 Å². The highest BCUT2D eigenvalue weighted by molar-refractivity contribution is 5.88. The van der Waals surface area contributed by atoms with Crippen molar-refractivity contribution in [1.82, 2.24) is 4.98 Å². The molecule has 0 unspecified atom stereocenters. The number of H-pyrrole nitrogens is 1. The second-order valence-electron chi connectivity index (χ2n) is 4.20. The summed E-state index contributed by atoms with van der Waals surface area (Å²) in [6.45, 7) is 0. The lowest BCUT2D eigenvalue weighted by Gasteiger charge is -2.02. The number of nitriles is 1. The fraction of sp³-hybridized carbons (Fsp3) is 0. The van der Waals surface area contributed by atoms with Gasteiger partial charge in [0.1, 0.15) is 11.8 Å². The summed E-state index contributed by atoms with van der Waals surface area (Å²) in [7, 11) is 0. The molecule has 110 valence electrons. The minimum atomic E-state index is -0.862. The van der Waals surface area contributed by atoms with Crippen LogP contribution in [0.2, 0.25) is 0 Å². The van der Waals surface area contributed by atoms with E-state index in [0.29, 0.717) is 4.43 Å². The summed E-state index contributed by atoms with van der Waals surface area (Å²) in [5.41, 5.74) is -0.368. The summed E-state index contributed by atoms with van der Waals surface area (Å²) < 4.78 is 0.480. The largest absolute Gasteiger partial charge is 0.504 e. The zero-order valence-corrected chi connectivity index (χ0v) is 10.9. The van der Waals surface area contributed by atoms with Crippen molar-refractivity contribution in [2.45, 2.75) is 0 Å². The Morgan fingerprint density at radius 1 is 1.45 bits per heavy atom. The van der Waals surface area contributed by atoms with E-state index in [1.165, 1.54) is 18.5 Å². The molecule has 1 heterocycles. The number of aromatic nitrogens is 2. The molecule has 3 N–H and O–H groups in total. The van der Waals surface area contributed by atoms with Gasteiger partial charge in [-0.15, -0.1) is 0 Å². The average molecular weight is 301 g/mol. The third kappa shape index (κ3) is 2.91. The molecule has 0 bridgehead atoms. The lowest BCUT2D eigenvalue weighted by molar-refractivity contribution is -0.495. The maximum Gasteiger partial charge on any atom is 0.315 e. The molecule has 9 heteroatoms. The predicted molar refractivity (Wildman–Crippen MR) is 74.1 cm³/mol. The molecule has 0 saturated carbocycles. The van der Waals surface area contributed by atoms with Gasteiger partial charge < -0.3 is 15.2 Å². The molecular weight excluding hydrogens is 292 g/mol. The van der Waals surface area contributed by atoms with Crippen LogP contribution in [-0.4, -0.2) is 20.1 Å². The zero-order chi connectivity index (χ0) is 16.3. The van der Waals surface area contributed by atoms with Crippen molar-refractivity contribution in [2.24, 2.45) is 0 Å². The number of benzene rings is 1. The fourth-order valence-corrected chi connectivity index (χ4v) is 1.74. The number of hydrogen-bond donors (Lipinski definition) is 3. The second kappa shape index (κ2) is 5.76. The summed E-state index contributed by atoms with van der Waals surface area (Å²) in [5.74, 6) is -1.54. The highest BCUT2D eigenvalue weighted by Crippen LogP contribution is 2.36. The van der Waals surface area contributed by atoms with E-state index < -0.39 is 22.1 Å². The molecule has 0 atom stereocenters. The van der Waals surface area contributed by atoms with Crippen LogP contribution in [0.4, 0.5) is 5.69 Å². The van der Waals surface area contributed by atoms with Crippen LogP contribution in [0.3, 0.4) is 0 Å². The average Bonchev–Trinajstić information content (AvgIpc) is 2.47. The first kappa shape index (κ1) is 14.7. The monoisotopic (exact) mass is 301 g/mol. The van der Waals surface area contributed by atoms with Crippen molar-refractivity contribution in [1.29, 1.82) is 5.26 Å². The van der Waals surface area contributed by atoms with E-state index in [2.05, 4.69) is 4.98 Å². The number of phenolic OH excluding ortho intramolecular Hbond substituents is 2. The van der Waals surface area contributed by atoms with Gasteiger partial charge in [0.25, 0.3) is 6.20 Å². The number of hydrogen-bond acceptors (Lipinski definition) is 6. The van der Waals surface area contributed by atoms with Crippen molar-refractivity contribution in [3.05, 3.63) is 57.0 Å². The van der Waals surface area contributed by atoms with Crippen LogP contribution in [0.15, 0.2) is 30.7 Å². The predicted octanol–water partition coefficient (Wildman–Crippen LogP) is 1.31. The van der Waals surface area contributed by atoms with Gasteiger partial charge in [0, 0.05) is 11.0 Å². The number of nitrogens with zero attached hydrogens (tertiary/aromatic N) is 3. The Morgan fingerprint density at radius 2 is 2.18 bits per heavy atom. The number of nitro groups is 1. The molecule has 9 nitrogen and oxygen atoms in total. The van der Waals surface area contributed by atoms with E-state index in [-0.39, 0.29) is 16.8 Å². The van der Waals surface area contributed by atoms with Gasteiger partial charge in [-0.1, -0.05) is 0 Å². The molecular formula is C13H9N4O5+. The van der Waals surface area contributed by atoms with Crippen molar-refractivity contribution < 1.29 is 19.6 Å². The molecule has 0 spiro atoms. The molecule has 0 aliphatic carbocycles. The Hall–Kier alpha value is -3.67. The molecule has 0 fully saturated rings. The van der Waals surface area contributed by atoms with Crippen LogP contribution >= 0.6 is 0 Å². The molecule has 0 aliphatic heterocycles. The smallest absolute Gasteiger partial charge is 0.315 e. The van der Waals surface area contributed by atoms with E-state index >= 15 is 0 Å². The Morgan fingerprint density at radius 3 is 2.77 bits per heavy atom. The molecule has 0 saturated heterocycles. The molecule has 1 aromatic heterocycles. The zero-order valence-electron chi connectivity index (χ0n) is 10.9. The van der Waals surface area contributed by atoms with Gasteiger partial charge in [0.2, 0.25) is 11.9 Å². The van der Waals surface area contributed by atoms with Crippen molar-refractivity contribution in [2.75, 3.05) is 0 Å². The molecule has 0 amide bonds.